The Morgan fingerprint density at radius 1 is 1.35 bits per heavy atom. The molecule has 0 spiro atoms. The lowest BCUT2D eigenvalue weighted by Gasteiger charge is -2.12. The van der Waals surface area contributed by atoms with Gasteiger partial charge in [-0.2, -0.15) is 0 Å². The minimum atomic E-state index is 0.379. The van der Waals surface area contributed by atoms with Crippen molar-refractivity contribution in [3.05, 3.63) is 50.6 Å². The van der Waals surface area contributed by atoms with E-state index in [2.05, 4.69) is 21.1 Å². The van der Waals surface area contributed by atoms with Crippen LogP contribution < -0.4 is 10.6 Å². The topological polar surface area (TPSA) is 50.8 Å². The van der Waals surface area contributed by atoms with Crippen LogP contribution in [0.15, 0.2) is 44.7 Å². The maximum atomic E-state index is 5.90. The molecule has 0 saturated heterocycles. The highest BCUT2D eigenvalue weighted by Gasteiger charge is 2.02. The Balaban J connectivity index is 1.95. The molecule has 0 amide bonds. The van der Waals surface area contributed by atoms with Crippen LogP contribution in [-0.4, -0.2) is 19.9 Å². The van der Waals surface area contributed by atoms with E-state index in [0.717, 1.165) is 20.6 Å². The monoisotopic (exact) mass is 353 g/mol. The highest BCUT2D eigenvalue weighted by atomic mass is 79.9. The van der Waals surface area contributed by atoms with Crippen molar-refractivity contribution >= 4 is 38.8 Å². The SMILES string of the molecule is CN(C)c1ccc(C(N)=NOCc2csc(Br)c2)cc1. The number of halogens is 1. The Hall–Kier alpha value is -1.53. The summed E-state index contributed by atoms with van der Waals surface area (Å²) in [5.74, 6) is 0.379. The van der Waals surface area contributed by atoms with E-state index in [9.17, 15) is 0 Å². The predicted octanol–water partition coefficient (Wildman–Crippen LogP) is 3.41. The smallest absolute Gasteiger partial charge is 0.170 e. The zero-order chi connectivity index (χ0) is 14.5. The van der Waals surface area contributed by atoms with Gasteiger partial charge in [0.1, 0.15) is 6.61 Å². The first-order chi connectivity index (χ1) is 9.56. The zero-order valence-corrected chi connectivity index (χ0v) is 13.7. The van der Waals surface area contributed by atoms with Gasteiger partial charge in [0.15, 0.2) is 5.84 Å². The third kappa shape index (κ3) is 3.98. The molecule has 1 aromatic carbocycles. The molecule has 2 aromatic rings. The number of benzene rings is 1. The van der Waals surface area contributed by atoms with Crippen LogP contribution in [0.25, 0.3) is 0 Å². The Labute approximate surface area is 131 Å². The maximum absolute atomic E-state index is 5.90. The van der Waals surface area contributed by atoms with Gasteiger partial charge in [0.2, 0.25) is 0 Å². The summed E-state index contributed by atoms with van der Waals surface area (Å²) in [6.45, 7) is 0.415. The fourth-order valence-corrected chi connectivity index (χ4v) is 2.77. The van der Waals surface area contributed by atoms with Crippen molar-refractivity contribution in [2.45, 2.75) is 6.61 Å². The molecule has 0 bridgehead atoms. The van der Waals surface area contributed by atoms with Crippen molar-refractivity contribution in [2.24, 2.45) is 10.9 Å². The van der Waals surface area contributed by atoms with Crippen molar-refractivity contribution in [1.29, 1.82) is 0 Å². The Morgan fingerprint density at radius 3 is 2.60 bits per heavy atom. The number of hydrogen-bond acceptors (Lipinski definition) is 4. The molecular weight excluding hydrogens is 338 g/mol. The molecule has 2 N–H and O–H groups in total. The van der Waals surface area contributed by atoms with Crippen LogP contribution in [-0.2, 0) is 11.4 Å². The summed E-state index contributed by atoms with van der Waals surface area (Å²) >= 11 is 5.02. The van der Waals surface area contributed by atoms with Crippen LogP contribution in [0.4, 0.5) is 5.69 Å². The van der Waals surface area contributed by atoms with E-state index in [4.69, 9.17) is 10.6 Å². The van der Waals surface area contributed by atoms with Gasteiger partial charge in [0.05, 0.1) is 3.79 Å². The number of oxime groups is 1. The second-order valence-electron chi connectivity index (χ2n) is 4.45. The van der Waals surface area contributed by atoms with Gasteiger partial charge in [-0.05, 0) is 51.6 Å². The lowest BCUT2D eigenvalue weighted by Crippen LogP contribution is -2.14. The molecule has 0 radical (unpaired) electrons. The minimum Gasteiger partial charge on any atom is -0.389 e. The van der Waals surface area contributed by atoms with Gasteiger partial charge in [-0.15, -0.1) is 11.3 Å². The average molecular weight is 354 g/mol. The van der Waals surface area contributed by atoms with Crippen LogP contribution in [0.3, 0.4) is 0 Å². The van der Waals surface area contributed by atoms with E-state index in [-0.39, 0.29) is 0 Å². The lowest BCUT2D eigenvalue weighted by atomic mass is 10.2. The van der Waals surface area contributed by atoms with Crippen LogP contribution in [0.2, 0.25) is 0 Å². The molecule has 0 aliphatic rings. The Bertz CT molecular complexity index is 593. The summed E-state index contributed by atoms with van der Waals surface area (Å²) in [6.07, 6.45) is 0. The van der Waals surface area contributed by atoms with E-state index in [1.807, 2.05) is 54.7 Å². The quantitative estimate of drug-likeness (QED) is 0.509. The van der Waals surface area contributed by atoms with Crippen molar-refractivity contribution in [3.63, 3.8) is 0 Å². The van der Waals surface area contributed by atoms with Crippen molar-refractivity contribution < 1.29 is 4.84 Å². The summed E-state index contributed by atoms with van der Waals surface area (Å²) in [4.78, 5) is 7.30. The van der Waals surface area contributed by atoms with Gasteiger partial charge >= 0.3 is 0 Å². The van der Waals surface area contributed by atoms with Gasteiger partial charge in [0, 0.05) is 30.9 Å². The molecule has 0 aliphatic carbocycles. The molecule has 0 saturated carbocycles. The molecule has 6 heteroatoms. The first-order valence-corrected chi connectivity index (χ1v) is 7.69. The summed E-state index contributed by atoms with van der Waals surface area (Å²) in [5.41, 5.74) is 8.93. The van der Waals surface area contributed by atoms with Gasteiger partial charge in [-0.1, -0.05) is 5.16 Å². The summed E-state index contributed by atoms with van der Waals surface area (Å²) < 4.78 is 1.08. The summed E-state index contributed by atoms with van der Waals surface area (Å²) in [5, 5.41) is 5.96. The second kappa shape index (κ2) is 6.76. The van der Waals surface area contributed by atoms with E-state index < -0.39 is 0 Å². The van der Waals surface area contributed by atoms with Gasteiger partial charge in [-0.25, -0.2) is 0 Å². The maximum Gasteiger partial charge on any atom is 0.170 e. The van der Waals surface area contributed by atoms with E-state index in [0.29, 0.717) is 12.4 Å². The van der Waals surface area contributed by atoms with Crippen molar-refractivity contribution in [2.75, 3.05) is 19.0 Å². The second-order valence-corrected chi connectivity index (χ2v) is 6.74. The standard InChI is InChI=1S/C14H16BrN3OS/c1-18(2)12-5-3-11(4-6-12)14(16)17-19-8-10-7-13(15)20-9-10/h3-7,9H,8H2,1-2H3,(H2,16,17). The fourth-order valence-electron chi connectivity index (χ4n) is 1.58. The van der Waals surface area contributed by atoms with E-state index in [1.165, 1.54) is 0 Å². The van der Waals surface area contributed by atoms with Crippen LogP contribution in [0.5, 0.6) is 0 Å². The van der Waals surface area contributed by atoms with Crippen molar-refractivity contribution in [3.8, 4) is 0 Å². The molecule has 0 unspecified atom stereocenters. The molecule has 1 heterocycles. The van der Waals surface area contributed by atoms with Crippen LogP contribution >= 0.6 is 27.3 Å². The molecule has 4 nitrogen and oxygen atoms in total. The number of hydrogen-bond donors (Lipinski definition) is 1. The molecular formula is C14H16BrN3OS. The molecule has 20 heavy (non-hydrogen) atoms. The Morgan fingerprint density at radius 2 is 2.05 bits per heavy atom. The number of anilines is 1. The number of nitrogens with two attached hydrogens (primary N) is 1. The molecule has 1 aromatic heterocycles. The van der Waals surface area contributed by atoms with Crippen LogP contribution in [0.1, 0.15) is 11.1 Å². The summed E-state index contributed by atoms with van der Waals surface area (Å²) in [7, 11) is 3.99. The highest BCUT2D eigenvalue weighted by Crippen LogP contribution is 2.21. The van der Waals surface area contributed by atoms with Gasteiger partial charge in [-0.3, -0.25) is 0 Å². The minimum absolute atomic E-state index is 0.379. The van der Waals surface area contributed by atoms with Gasteiger partial charge < -0.3 is 15.5 Å². The third-order valence-corrected chi connectivity index (χ3v) is 4.25. The average Bonchev–Trinajstić information content (AvgIpc) is 2.84. The molecule has 0 aliphatic heterocycles. The number of thiophene rings is 1. The van der Waals surface area contributed by atoms with Crippen molar-refractivity contribution in [1.82, 2.24) is 0 Å². The normalized spacial score (nSPS) is 11.4. The molecule has 2 rings (SSSR count). The van der Waals surface area contributed by atoms with E-state index >= 15 is 0 Å². The number of amidine groups is 1. The lowest BCUT2D eigenvalue weighted by molar-refractivity contribution is 0.130. The van der Waals surface area contributed by atoms with Gasteiger partial charge in [0.25, 0.3) is 0 Å². The van der Waals surface area contributed by atoms with Crippen LogP contribution in [0, 0.1) is 0 Å². The highest BCUT2D eigenvalue weighted by molar-refractivity contribution is 9.11. The summed E-state index contributed by atoms with van der Waals surface area (Å²) in [6, 6.07) is 9.85. The number of nitrogens with zero attached hydrogens (tertiary/aromatic N) is 2. The Kier molecular flexibility index (Phi) is 5.03. The molecule has 0 atom stereocenters. The molecule has 0 fully saturated rings. The molecule has 106 valence electrons. The largest absolute Gasteiger partial charge is 0.389 e. The first-order valence-electron chi connectivity index (χ1n) is 6.02. The zero-order valence-electron chi connectivity index (χ0n) is 11.3. The first kappa shape index (κ1) is 14.9. The number of rotatable bonds is 5. The fraction of sp³-hybridized carbons (Fsp3) is 0.214. The van der Waals surface area contributed by atoms with E-state index in [1.54, 1.807) is 11.3 Å². The third-order valence-electron chi connectivity index (χ3n) is 2.70. The predicted molar refractivity (Wildman–Crippen MR) is 88.3 cm³/mol.